The van der Waals surface area contributed by atoms with Crippen LogP contribution in [0.25, 0.3) is 0 Å². The van der Waals surface area contributed by atoms with Gasteiger partial charge in [0.2, 0.25) is 5.91 Å². The molecule has 1 aromatic rings. The van der Waals surface area contributed by atoms with E-state index >= 15 is 0 Å². The monoisotopic (exact) mass is 304 g/mol. The van der Waals surface area contributed by atoms with Crippen LogP contribution >= 0.6 is 11.8 Å². The maximum atomic E-state index is 12.6. The molecule has 3 nitrogen and oxygen atoms in total. The molecule has 2 fully saturated rings. The van der Waals surface area contributed by atoms with Crippen molar-refractivity contribution in [1.29, 1.82) is 0 Å². The van der Waals surface area contributed by atoms with Crippen LogP contribution in [0.5, 0.6) is 0 Å². The molecular weight excluding hydrogens is 280 g/mol. The Balaban J connectivity index is 1.61. The fourth-order valence-corrected chi connectivity index (χ4v) is 3.87. The molecule has 0 radical (unpaired) electrons. The van der Waals surface area contributed by atoms with E-state index in [1.54, 1.807) is 11.8 Å². The quantitative estimate of drug-likeness (QED) is 0.802. The van der Waals surface area contributed by atoms with Crippen LogP contribution in [0.1, 0.15) is 24.8 Å². The van der Waals surface area contributed by atoms with Gasteiger partial charge in [-0.25, -0.2) is 0 Å². The van der Waals surface area contributed by atoms with Crippen LogP contribution in [0, 0.1) is 0 Å². The molecule has 0 aromatic heterocycles. The van der Waals surface area contributed by atoms with Crippen LogP contribution in [0.3, 0.4) is 0 Å². The maximum Gasteiger partial charge on any atom is 0.227 e. The van der Waals surface area contributed by atoms with Crippen molar-refractivity contribution < 1.29 is 4.79 Å². The van der Waals surface area contributed by atoms with E-state index < -0.39 is 0 Å². The number of carbonyl (C=O) groups excluding carboxylic acids is 1. The highest BCUT2D eigenvalue weighted by Gasteiger charge is 2.30. The van der Waals surface area contributed by atoms with E-state index in [-0.39, 0.29) is 0 Å². The van der Waals surface area contributed by atoms with Gasteiger partial charge in [0, 0.05) is 30.6 Å². The number of rotatable bonds is 3. The van der Waals surface area contributed by atoms with Gasteiger partial charge >= 0.3 is 0 Å². The molecule has 2 saturated heterocycles. The van der Waals surface area contributed by atoms with Crippen molar-refractivity contribution in [2.45, 2.75) is 36.6 Å². The van der Waals surface area contributed by atoms with Gasteiger partial charge < -0.3 is 4.90 Å². The van der Waals surface area contributed by atoms with Gasteiger partial charge in [-0.2, -0.15) is 0 Å². The number of carbonyl (C=O) groups is 1. The van der Waals surface area contributed by atoms with Gasteiger partial charge in [0.15, 0.2) is 0 Å². The Morgan fingerprint density at radius 3 is 2.71 bits per heavy atom. The van der Waals surface area contributed by atoms with Crippen LogP contribution < -0.4 is 0 Å². The number of benzene rings is 1. The summed E-state index contributed by atoms with van der Waals surface area (Å²) in [7, 11) is 0. The third-order valence-corrected chi connectivity index (χ3v) is 5.41. The number of hydrogen-bond donors (Lipinski definition) is 0. The maximum absolute atomic E-state index is 12.6. The molecule has 0 bridgehead atoms. The molecule has 1 atom stereocenters. The first-order valence-corrected chi connectivity index (χ1v) is 9.13. The van der Waals surface area contributed by atoms with Crippen molar-refractivity contribution in [2.75, 3.05) is 32.4 Å². The minimum Gasteiger partial charge on any atom is -0.341 e. The van der Waals surface area contributed by atoms with Crippen molar-refractivity contribution in [3.63, 3.8) is 0 Å². The molecular formula is C17H24N2OS. The van der Waals surface area contributed by atoms with Crippen molar-refractivity contribution in [1.82, 2.24) is 9.80 Å². The van der Waals surface area contributed by atoms with E-state index in [1.807, 2.05) is 0 Å². The minimum absolute atomic E-state index is 0.292. The molecule has 3 rings (SSSR count). The zero-order chi connectivity index (χ0) is 14.7. The van der Waals surface area contributed by atoms with E-state index in [1.165, 1.54) is 24.3 Å². The van der Waals surface area contributed by atoms with Gasteiger partial charge in [0.25, 0.3) is 0 Å². The van der Waals surface area contributed by atoms with Crippen molar-refractivity contribution in [3.8, 4) is 0 Å². The standard InChI is InChI=1S/C17H24N2OS/c1-21-16-7-5-14(6-8-16)12-17(20)19-11-3-10-18-9-2-4-15(18)13-19/h5-8,15H,2-4,9-13H2,1H3/t15-/m0/s1. The number of thioether (sulfide) groups is 1. The fraction of sp³-hybridized carbons (Fsp3) is 0.588. The highest BCUT2D eigenvalue weighted by molar-refractivity contribution is 7.98. The number of nitrogens with zero attached hydrogens (tertiary/aromatic N) is 2. The number of amides is 1. The van der Waals surface area contributed by atoms with Crippen molar-refractivity contribution >= 4 is 17.7 Å². The molecule has 4 heteroatoms. The molecule has 0 spiro atoms. The van der Waals surface area contributed by atoms with Gasteiger partial charge in [-0.1, -0.05) is 12.1 Å². The summed E-state index contributed by atoms with van der Waals surface area (Å²) in [6.45, 7) is 4.25. The smallest absolute Gasteiger partial charge is 0.227 e. The predicted molar refractivity (Wildman–Crippen MR) is 87.7 cm³/mol. The molecule has 0 unspecified atom stereocenters. The summed E-state index contributed by atoms with van der Waals surface area (Å²) in [6, 6.07) is 8.99. The van der Waals surface area contributed by atoms with Gasteiger partial charge in [-0.3, -0.25) is 9.69 Å². The first-order valence-electron chi connectivity index (χ1n) is 7.91. The molecule has 2 aliphatic heterocycles. The summed E-state index contributed by atoms with van der Waals surface area (Å²) in [5, 5.41) is 0. The summed E-state index contributed by atoms with van der Waals surface area (Å²) in [5.41, 5.74) is 1.13. The van der Waals surface area contributed by atoms with Gasteiger partial charge in [0.05, 0.1) is 6.42 Å². The first-order chi connectivity index (χ1) is 10.3. The van der Waals surface area contributed by atoms with Crippen LogP contribution in [0.15, 0.2) is 29.2 Å². The van der Waals surface area contributed by atoms with Crippen LogP contribution in [-0.4, -0.2) is 54.2 Å². The van der Waals surface area contributed by atoms with Crippen LogP contribution in [-0.2, 0) is 11.2 Å². The molecule has 0 saturated carbocycles. The predicted octanol–water partition coefficient (Wildman–Crippen LogP) is 2.65. The molecule has 114 valence electrons. The zero-order valence-corrected chi connectivity index (χ0v) is 13.6. The van der Waals surface area contributed by atoms with Crippen LogP contribution in [0.4, 0.5) is 0 Å². The average molecular weight is 304 g/mol. The lowest BCUT2D eigenvalue weighted by Crippen LogP contribution is -2.40. The third kappa shape index (κ3) is 3.61. The lowest BCUT2D eigenvalue weighted by molar-refractivity contribution is -0.130. The first kappa shape index (κ1) is 14.9. The van der Waals surface area contributed by atoms with Gasteiger partial charge in [0.1, 0.15) is 0 Å². The Morgan fingerprint density at radius 2 is 1.95 bits per heavy atom. The summed E-state index contributed by atoms with van der Waals surface area (Å²) < 4.78 is 0. The summed E-state index contributed by atoms with van der Waals surface area (Å²) >= 11 is 1.74. The lowest BCUT2D eigenvalue weighted by Gasteiger charge is -2.25. The SMILES string of the molecule is CSc1ccc(CC(=O)N2CCCN3CCC[C@H]3C2)cc1. The van der Waals surface area contributed by atoms with Crippen molar-refractivity contribution in [2.24, 2.45) is 0 Å². The minimum atomic E-state index is 0.292. The largest absolute Gasteiger partial charge is 0.341 e. The Morgan fingerprint density at radius 1 is 1.19 bits per heavy atom. The lowest BCUT2D eigenvalue weighted by atomic mass is 10.1. The van der Waals surface area contributed by atoms with Crippen molar-refractivity contribution in [3.05, 3.63) is 29.8 Å². The van der Waals surface area contributed by atoms with Gasteiger partial charge in [-0.15, -0.1) is 11.8 Å². The molecule has 21 heavy (non-hydrogen) atoms. The number of fused-ring (bicyclic) bond motifs is 1. The second-order valence-corrected chi connectivity index (χ2v) is 6.93. The highest BCUT2D eigenvalue weighted by Crippen LogP contribution is 2.22. The molecule has 1 amide bonds. The summed E-state index contributed by atoms with van der Waals surface area (Å²) in [6.07, 6.45) is 6.29. The van der Waals surface area contributed by atoms with E-state index in [4.69, 9.17) is 0 Å². The van der Waals surface area contributed by atoms with E-state index in [9.17, 15) is 4.79 Å². The van der Waals surface area contributed by atoms with Crippen LogP contribution in [0.2, 0.25) is 0 Å². The van der Waals surface area contributed by atoms with E-state index in [0.717, 1.165) is 31.6 Å². The van der Waals surface area contributed by atoms with E-state index in [2.05, 4.69) is 40.3 Å². The Hall–Kier alpha value is -1.00. The van der Waals surface area contributed by atoms with Gasteiger partial charge in [-0.05, 0) is 49.8 Å². The average Bonchev–Trinajstić information content (AvgIpc) is 2.85. The highest BCUT2D eigenvalue weighted by atomic mass is 32.2. The van der Waals surface area contributed by atoms with E-state index in [0.29, 0.717) is 18.4 Å². The molecule has 2 aliphatic rings. The Labute approximate surface area is 131 Å². The Kier molecular flexibility index (Phi) is 4.86. The summed E-state index contributed by atoms with van der Waals surface area (Å²) in [5.74, 6) is 0.292. The topological polar surface area (TPSA) is 23.6 Å². The Bertz CT molecular complexity index is 488. The molecule has 0 N–H and O–H groups in total. The second kappa shape index (κ2) is 6.84. The third-order valence-electron chi connectivity index (χ3n) is 4.67. The summed E-state index contributed by atoms with van der Waals surface area (Å²) in [4.78, 5) is 18.5. The molecule has 1 aromatic carbocycles. The number of hydrogen-bond acceptors (Lipinski definition) is 3. The normalized spacial score (nSPS) is 22.9. The zero-order valence-electron chi connectivity index (χ0n) is 12.8. The second-order valence-electron chi connectivity index (χ2n) is 6.05. The molecule has 0 aliphatic carbocycles. The molecule has 2 heterocycles. The fourth-order valence-electron chi connectivity index (χ4n) is 3.46.